The molecule has 0 radical (unpaired) electrons. The summed E-state index contributed by atoms with van der Waals surface area (Å²) in [6.45, 7) is 0. The molecule has 1 aromatic carbocycles. The SMILES string of the molecule is ClCCC=Cc1csc2ccccc12. The Hall–Kier alpha value is -0.790. The third-order valence-corrected chi connectivity index (χ3v) is 3.28. The van der Waals surface area contributed by atoms with Crippen molar-refractivity contribution in [1.29, 1.82) is 0 Å². The summed E-state index contributed by atoms with van der Waals surface area (Å²) < 4.78 is 1.35. The molecule has 0 atom stereocenters. The van der Waals surface area contributed by atoms with E-state index in [0.29, 0.717) is 5.88 Å². The molecule has 0 aliphatic carbocycles. The Morgan fingerprint density at radius 1 is 1.29 bits per heavy atom. The van der Waals surface area contributed by atoms with E-state index in [1.807, 2.05) is 0 Å². The highest BCUT2D eigenvalue weighted by atomic mass is 35.5. The Kier molecular flexibility index (Phi) is 3.22. The lowest BCUT2D eigenvalue weighted by Gasteiger charge is -1.90. The molecule has 0 saturated heterocycles. The van der Waals surface area contributed by atoms with Crippen LogP contribution in [0.1, 0.15) is 12.0 Å². The summed E-state index contributed by atoms with van der Waals surface area (Å²) in [7, 11) is 0. The molecule has 0 fully saturated rings. The van der Waals surface area contributed by atoms with E-state index >= 15 is 0 Å². The van der Waals surface area contributed by atoms with Crippen LogP contribution in [0.2, 0.25) is 0 Å². The Morgan fingerprint density at radius 2 is 2.14 bits per heavy atom. The molecular weight excluding hydrogens is 212 g/mol. The summed E-state index contributed by atoms with van der Waals surface area (Å²) in [5.41, 5.74) is 1.30. The van der Waals surface area contributed by atoms with Crippen LogP contribution in [0.4, 0.5) is 0 Å². The zero-order valence-corrected chi connectivity index (χ0v) is 9.31. The van der Waals surface area contributed by atoms with E-state index in [0.717, 1.165) is 6.42 Å². The van der Waals surface area contributed by atoms with Crippen LogP contribution in [0, 0.1) is 0 Å². The molecule has 72 valence electrons. The molecule has 2 aromatic rings. The standard InChI is InChI=1S/C12H11ClS/c13-8-4-3-5-10-9-14-12-7-2-1-6-11(10)12/h1-3,5-7,9H,4,8H2. The van der Waals surface area contributed by atoms with E-state index in [4.69, 9.17) is 11.6 Å². The minimum Gasteiger partial charge on any atom is -0.143 e. The first-order valence-electron chi connectivity index (χ1n) is 4.60. The van der Waals surface area contributed by atoms with Crippen LogP contribution in [-0.2, 0) is 0 Å². The smallest absolute Gasteiger partial charge is 0.0348 e. The van der Waals surface area contributed by atoms with Crippen molar-refractivity contribution in [1.82, 2.24) is 0 Å². The molecule has 0 amide bonds. The second-order valence-corrected chi connectivity index (χ2v) is 4.36. The van der Waals surface area contributed by atoms with E-state index in [1.54, 1.807) is 11.3 Å². The van der Waals surface area contributed by atoms with Crippen molar-refractivity contribution < 1.29 is 0 Å². The van der Waals surface area contributed by atoms with E-state index in [9.17, 15) is 0 Å². The van der Waals surface area contributed by atoms with Crippen LogP contribution >= 0.6 is 22.9 Å². The first-order valence-corrected chi connectivity index (χ1v) is 6.02. The third kappa shape index (κ3) is 1.99. The van der Waals surface area contributed by atoms with Crippen molar-refractivity contribution in [3.63, 3.8) is 0 Å². The Labute approximate surface area is 92.8 Å². The molecule has 0 bridgehead atoms. The lowest BCUT2D eigenvalue weighted by molar-refractivity contribution is 1.25. The van der Waals surface area contributed by atoms with Crippen molar-refractivity contribution in [2.75, 3.05) is 5.88 Å². The van der Waals surface area contributed by atoms with Crippen LogP contribution in [0.15, 0.2) is 35.7 Å². The van der Waals surface area contributed by atoms with Gasteiger partial charge in [0, 0.05) is 10.6 Å². The van der Waals surface area contributed by atoms with Gasteiger partial charge in [-0.2, -0.15) is 0 Å². The van der Waals surface area contributed by atoms with Gasteiger partial charge in [-0.1, -0.05) is 30.4 Å². The summed E-state index contributed by atoms with van der Waals surface area (Å²) in [5.74, 6) is 0.693. The number of thiophene rings is 1. The highest BCUT2D eigenvalue weighted by molar-refractivity contribution is 7.17. The summed E-state index contributed by atoms with van der Waals surface area (Å²) >= 11 is 7.40. The molecule has 1 heterocycles. The van der Waals surface area contributed by atoms with Crippen LogP contribution in [0.5, 0.6) is 0 Å². The number of benzene rings is 1. The fourth-order valence-electron chi connectivity index (χ4n) is 1.40. The molecule has 0 N–H and O–H groups in total. The lowest BCUT2D eigenvalue weighted by atomic mass is 10.1. The summed E-state index contributed by atoms with van der Waals surface area (Å²) in [6, 6.07) is 8.46. The largest absolute Gasteiger partial charge is 0.143 e. The summed E-state index contributed by atoms with van der Waals surface area (Å²) in [4.78, 5) is 0. The fraction of sp³-hybridized carbons (Fsp3) is 0.167. The maximum Gasteiger partial charge on any atom is 0.0348 e. The molecule has 14 heavy (non-hydrogen) atoms. The van der Waals surface area contributed by atoms with E-state index in [-0.39, 0.29) is 0 Å². The van der Waals surface area contributed by atoms with Crippen molar-refractivity contribution in [2.45, 2.75) is 6.42 Å². The molecule has 0 aliphatic rings. The molecule has 1 aromatic heterocycles. The lowest BCUT2D eigenvalue weighted by Crippen LogP contribution is -1.69. The molecule has 0 unspecified atom stereocenters. The third-order valence-electron chi connectivity index (χ3n) is 2.08. The maximum absolute atomic E-state index is 5.61. The number of halogens is 1. The summed E-state index contributed by atoms with van der Waals surface area (Å²) in [5, 5.41) is 3.53. The van der Waals surface area contributed by atoms with Gasteiger partial charge in [0.1, 0.15) is 0 Å². The maximum atomic E-state index is 5.61. The van der Waals surface area contributed by atoms with Crippen molar-refractivity contribution >= 4 is 39.1 Å². The second kappa shape index (κ2) is 4.63. The minimum absolute atomic E-state index is 0.693. The highest BCUT2D eigenvalue weighted by Gasteiger charge is 1.98. The molecule has 0 saturated carbocycles. The molecule has 2 rings (SSSR count). The van der Waals surface area contributed by atoms with Gasteiger partial charge < -0.3 is 0 Å². The number of hydrogen-bond acceptors (Lipinski definition) is 1. The van der Waals surface area contributed by atoms with Crippen LogP contribution in [0.25, 0.3) is 16.2 Å². The zero-order valence-electron chi connectivity index (χ0n) is 7.74. The number of allylic oxidation sites excluding steroid dienone is 1. The predicted molar refractivity (Wildman–Crippen MR) is 66.2 cm³/mol. The van der Waals surface area contributed by atoms with Gasteiger partial charge in [-0.15, -0.1) is 22.9 Å². The number of fused-ring (bicyclic) bond motifs is 1. The van der Waals surface area contributed by atoms with Gasteiger partial charge >= 0.3 is 0 Å². The Balaban J connectivity index is 2.34. The molecular formula is C12H11ClS. The number of alkyl halides is 1. The molecule has 0 spiro atoms. The van der Waals surface area contributed by atoms with Gasteiger partial charge in [0.05, 0.1) is 0 Å². The predicted octanol–water partition coefficient (Wildman–Crippen LogP) is 4.54. The molecule has 2 heteroatoms. The Bertz CT molecular complexity index is 442. The normalized spacial score (nSPS) is 11.5. The molecule has 0 nitrogen and oxygen atoms in total. The van der Waals surface area contributed by atoms with E-state index < -0.39 is 0 Å². The van der Waals surface area contributed by atoms with Gasteiger partial charge in [-0.3, -0.25) is 0 Å². The van der Waals surface area contributed by atoms with Gasteiger partial charge in [0.15, 0.2) is 0 Å². The van der Waals surface area contributed by atoms with Crippen LogP contribution in [-0.4, -0.2) is 5.88 Å². The average Bonchev–Trinajstić information content (AvgIpc) is 2.63. The fourth-order valence-corrected chi connectivity index (χ4v) is 2.46. The zero-order chi connectivity index (χ0) is 9.80. The Morgan fingerprint density at radius 3 is 3.00 bits per heavy atom. The first-order chi connectivity index (χ1) is 6.92. The quantitative estimate of drug-likeness (QED) is 0.669. The monoisotopic (exact) mass is 222 g/mol. The van der Waals surface area contributed by atoms with Crippen molar-refractivity contribution in [2.24, 2.45) is 0 Å². The minimum atomic E-state index is 0.693. The van der Waals surface area contributed by atoms with Crippen molar-refractivity contribution in [3.8, 4) is 0 Å². The topological polar surface area (TPSA) is 0 Å². The van der Waals surface area contributed by atoms with Crippen LogP contribution in [0.3, 0.4) is 0 Å². The number of hydrogen-bond donors (Lipinski definition) is 0. The molecule has 0 aliphatic heterocycles. The van der Waals surface area contributed by atoms with Gasteiger partial charge in [0.2, 0.25) is 0 Å². The first kappa shape index (κ1) is 9.75. The van der Waals surface area contributed by atoms with E-state index in [1.165, 1.54) is 15.6 Å². The summed E-state index contributed by atoms with van der Waals surface area (Å²) in [6.07, 6.45) is 5.22. The van der Waals surface area contributed by atoms with Gasteiger partial charge in [-0.05, 0) is 28.8 Å². The average molecular weight is 223 g/mol. The second-order valence-electron chi connectivity index (χ2n) is 3.07. The van der Waals surface area contributed by atoms with Gasteiger partial charge in [-0.25, -0.2) is 0 Å². The van der Waals surface area contributed by atoms with Crippen molar-refractivity contribution in [3.05, 3.63) is 41.3 Å². The van der Waals surface area contributed by atoms with Crippen LogP contribution < -0.4 is 0 Å². The van der Waals surface area contributed by atoms with E-state index in [2.05, 4.69) is 41.8 Å². The van der Waals surface area contributed by atoms with Gasteiger partial charge in [0.25, 0.3) is 0 Å². The highest BCUT2D eigenvalue weighted by Crippen LogP contribution is 2.26. The number of rotatable bonds is 3.